The Balaban J connectivity index is 1.66. The molecule has 1 aliphatic rings. The highest BCUT2D eigenvalue weighted by molar-refractivity contribution is 8.27. The average Bonchev–Trinajstić information content (AvgIpc) is 3.33. The normalized spacial score (nSPS) is 15.1. The summed E-state index contributed by atoms with van der Waals surface area (Å²) in [5.74, 6) is 0.0610. The summed E-state index contributed by atoms with van der Waals surface area (Å²) in [5, 5.41) is 1.03. The predicted molar refractivity (Wildman–Crippen MR) is 128 cm³/mol. The summed E-state index contributed by atoms with van der Waals surface area (Å²) in [7, 11) is 1.28. The number of esters is 1. The number of carbonyl (C=O) groups excluding carboxylic acids is 2. The lowest BCUT2D eigenvalue weighted by Crippen LogP contribution is -2.29. The minimum absolute atomic E-state index is 0.249. The van der Waals surface area contributed by atoms with Gasteiger partial charge >= 0.3 is 5.97 Å². The summed E-state index contributed by atoms with van der Waals surface area (Å²) < 4.78 is 11.0. The van der Waals surface area contributed by atoms with E-state index in [4.69, 9.17) is 44.6 Å². The molecule has 0 N–H and O–H groups in total. The molecule has 4 rings (SSSR count). The molecule has 1 aliphatic heterocycles. The summed E-state index contributed by atoms with van der Waals surface area (Å²) >= 11 is 18.8. The van der Waals surface area contributed by atoms with Crippen LogP contribution in [0.25, 0.3) is 17.4 Å². The highest BCUT2D eigenvalue weighted by Crippen LogP contribution is 2.38. The Kier molecular flexibility index (Phi) is 6.20. The smallest absolute Gasteiger partial charge is 0.339 e. The van der Waals surface area contributed by atoms with Crippen molar-refractivity contribution in [3.63, 3.8) is 0 Å². The number of para-hydroxylation sites is 1. The largest absolute Gasteiger partial charge is 0.465 e. The molecule has 156 valence electrons. The van der Waals surface area contributed by atoms with Crippen LogP contribution in [0.1, 0.15) is 16.1 Å². The number of ether oxygens (including phenoxy) is 1. The standard InChI is InChI=1S/C22H13Cl2NO4S2/c1-28-21(27)14-4-2-3-5-17(14)25-20(26)19(31-22(25)30)11-13-7-9-18(29-13)15-10-12(23)6-8-16(15)24/h2-11H,1H3/b19-11+. The monoisotopic (exact) mass is 489 g/mol. The number of hydrogen-bond donors (Lipinski definition) is 0. The molecule has 0 saturated carbocycles. The summed E-state index contributed by atoms with van der Waals surface area (Å²) in [4.78, 5) is 26.9. The maximum absolute atomic E-state index is 13.1. The summed E-state index contributed by atoms with van der Waals surface area (Å²) in [6, 6.07) is 15.2. The number of thioether (sulfide) groups is 1. The lowest BCUT2D eigenvalue weighted by molar-refractivity contribution is -0.113. The lowest BCUT2D eigenvalue weighted by atomic mass is 10.1. The first kappa shape index (κ1) is 21.6. The first-order chi connectivity index (χ1) is 14.9. The molecule has 0 bridgehead atoms. The molecular formula is C22H13Cl2NO4S2. The third-order valence-corrected chi connectivity index (χ3v) is 6.30. The van der Waals surface area contributed by atoms with E-state index in [0.29, 0.717) is 42.0 Å². The Morgan fingerprint density at radius 3 is 2.71 bits per heavy atom. The van der Waals surface area contributed by atoms with Crippen LogP contribution >= 0.6 is 47.2 Å². The Morgan fingerprint density at radius 2 is 1.94 bits per heavy atom. The van der Waals surface area contributed by atoms with Gasteiger partial charge < -0.3 is 9.15 Å². The Labute approximate surface area is 197 Å². The molecule has 3 aromatic rings. The SMILES string of the molecule is COC(=O)c1ccccc1N1C(=O)/C(=C\c2ccc(-c3cc(Cl)ccc3Cl)o2)SC1=S. The van der Waals surface area contributed by atoms with Crippen LogP contribution in [0, 0.1) is 0 Å². The number of methoxy groups -OCH3 is 1. The fraction of sp³-hybridized carbons (Fsp3) is 0.0455. The van der Waals surface area contributed by atoms with Gasteiger partial charge in [0.1, 0.15) is 11.5 Å². The molecular weight excluding hydrogens is 477 g/mol. The molecule has 0 aliphatic carbocycles. The van der Waals surface area contributed by atoms with Crippen molar-refractivity contribution >= 4 is 75.1 Å². The van der Waals surface area contributed by atoms with Gasteiger partial charge in [-0.25, -0.2) is 4.79 Å². The number of rotatable bonds is 4. The van der Waals surface area contributed by atoms with Crippen LogP contribution in [0.3, 0.4) is 0 Å². The molecule has 0 spiro atoms. The number of thiocarbonyl (C=S) groups is 1. The average molecular weight is 490 g/mol. The van der Waals surface area contributed by atoms with Gasteiger partial charge in [-0.1, -0.05) is 59.3 Å². The van der Waals surface area contributed by atoms with E-state index in [-0.39, 0.29) is 11.5 Å². The van der Waals surface area contributed by atoms with Gasteiger partial charge in [-0.3, -0.25) is 9.69 Å². The molecule has 2 heterocycles. The summed E-state index contributed by atoms with van der Waals surface area (Å²) in [6.45, 7) is 0. The van der Waals surface area contributed by atoms with Gasteiger partial charge in [0.15, 0.2) is 4.32 Å². The van der Waals surface area contributed by atoms with E-state index < -0.39 is 5.97 Å². The van der Waals surface area contributed by atoms with Gasteiger partial charge in [0.2, 0.25) is 0 Å². The zero-order chi connectivity index (χ0) is 22.1. The topological polar surface area (TPSA) is 59.8 Å². The molecule has 1 saturated heterocycles. The van der Waals surface area contributed by atoms with Crippen LogP contribution in [0.15, 0.2) is 63.9 Å². The van der Waals surface area contributed by atoms with Crippen molar-refractivity contribution in [3.8, 4) is 11.3 Å². The van der Waals surface area contributed by atoms with Crippen LogP contribution in [-0.4, -0.2) is 23.3 Å². The van der Waals surface area contributed by atoms with Crippen LogP contribution in [0.5, 0.6) is 0 Å². The van der Waals surface area contributed by atoms with E-state index >= 15 is 0 Å². The molecule has 1 aromatic heterocycles. The maximum atomic E-state index is 13.1. The van der Waals surface area contributed by atoms with E-state index in [0.717, 1.165) is 11.8 Å². The molecule has 1 fully saturated rings. The number of nitrogens with zero attached hydrogens (tertiary/aromatic N) is 1. The van der Waals surface area contributed by atoms with Gasteiger partial charge in [-0.2, -0.15) is 0 Å². The van der Waals surface area contributed by atoms with Crippen molar-refractivity contribution in [3.05, 3.63) is 80.9 Å². The Hall–Kier alpha value is -2.58. The maximum Gasteiger partial charge on any atom is 0.339 e. The molecule has 0 radical (unpaired) electrons. The molecule has 5 nitrogen and oxygen atoms in total. The second-order valence-corrected chi connectivity index (χ2v) is 8.87. The summed E-state index contributed by atoms with van der Waals surface area (Å²) in [6.07, 6.45) is 1.60. The Bertz CT molecular complexity index is 1250. The van der Waals surface area contributed by atoms with Gasteiger partial charge in [0, 0.05) is 16.7 Å². The zero-order valence-electron chi connectivity index (χ0n) is 15.9. The van der Waals surface area contributed by atoms with Crippen LogP contribution in [0.2, 0.25) is 10.0 Å². The first-order valence-corrected chi connectivity index (χ1v) is 10.9. The number of halogens is 2. The molecule has 0 unspecified atom stereocenters. The van der Waals surface area contributed by atoms with E-state index in [1.165, 1.54) is 12.0 Å². The summed E-state index contributed by atoms with van der Waals surface area (Å²) in [5.41, 5.74) is 1.26. The van der Waals surface area contributed by atoms with E-state index in [2.05, 4.69) is 0 Å². The third-order valence-electron chi connectivity index (χ3n) is 4.44. The van der Waals surface area contributed by atoms with Gasteiger partial charge in [-0.05, 0) is 42.5 Å². The third kappa shape index (κ3) is 4.27. The van der Waals surface area contributed by atoms with E-state index in [9.17, 15) is 9.59 Å². The minimum atomic E-state index is -0.553. The van der Waals surface area contributed by atoms with Crippen LogP contribution in [-0.2, 0) is 9.53 Å². The van der Waals surface area contributed by atoms with Crippen molar-refractivity contribution in [2.24, 2.45) is 0 Å². The van der Waals surface area contributed by atoms with Crippen LogP contribution < -0.4 is 4.90 Å². The Morgan fingerprint density at radius 1 is 1.16 bits per heavy atom. The zero-order valence-corrected chi connectivity index (χ0v) is 19.1. The molecule has 1 amide bonds. The van der Waals surface area contributed by atoms with Gasteiger partial charge in [0.05, 0.1) is 28.3 Å². The van der Waals surface area contributed by atoms with Gasteiger partial charge in [0.25, 0.3) is 5.91 Å². The van der Waals surface area contributed by atoms with E-state index in [1.807, 2.05) is 0 Å². The van der Waals surface area contributed by atoms with Crippen molar-refractivity contribution in [1.29, 1.82) is 0 Å². The van der Waals surface area contributed by atoms with Crippen molar-refractivity contribution in [1.82, 2.24) is 0 Å². The molecule has 31 heavy (non-hydrogen) atoms. The second kappa shape index (κ2) is 8.88. The minimum Gasteiger partial charge on any atom is -0.465 e. The number of carbonyl (C=O) groups is 2. The number of furan rings is 1. The molecule has 9 heteroatoms. The van der Waals surface area contributed by atoms with Crippen molar-refractivity contribution in [2.45, 2.75) is 0 Å². The fourth-order valence-corrected chi connectivity index (χ4v) is 4.67. The number of amides is 1. The lowest BCUT2D eigenvalue weighted by Gasteiger charge is -2.17. The first-order valence-electron chi connectivity index (χ1n) is 8.89. The van der Waals surface area contributed by atoms with Crippen LogP contribution in [0.4, 0.5) is 5.69 Å². The highest BCUT2D eigenvalue weighted by atomic mass is 35.5. The van der Waals surface area contributed by atoms with Gasteiger partial charge in [-0.15, -0.1) is 0 Å². The molecule has 0 atom stereocenters. The second-order valence-electron chi connectivity index (χ2n) is 6.35. The number of anilines is 1. The fourth-order valence-electron chi connectivity index (χ4n) is 3.02. The highest BCUT2D eigenvalue weighted by Gasteiger charge is 2.35. The van der Waals surface area contributed by atoms with Crippen molar-refractivity contribution in [2.75, 3.05) is 12.0 Å². The number of hydrogen-bond acceptors (Lipinski definition) is 6. The quantitative estimate of drug-likeness (QED) is 0.238. The predicted octanol–water partition coefficient (Wildman–Crippen LogP) is 6.45. The van der Waals surface area contributed by atoms with Crippen molar-refractivity contribution < 1.29 is 18.7 Å². The van der Waals surface area contributed by atoms with E-state index in [1.54, 1.807) is 60.7 Å². The number of benzene rings is 2. The molecule has 2 aromatic carbocycles.